The van der Waals surface area contributed by atoms with Crippen LogP contribution in [0.4, 0.5) is 5.69 Å². The Morgan fingerprint density at radius 3 is 2.25 bits per heavy atom. The van der Waals surface area contributed by atoms with Gasteiger partial charge >= 0.3 is 0 Å². The summed E-state index contributed by atoms with van der Waals surface area (Å²) >= 11 is 1.57. The van der Waals surface area contributed by atoms with Gasteiger partial charge in [-0.25, -0.2) is 8.42 Å². The van der Waals surface area contributed by atoms with E-state index in [1.54, 1.807) is 30.8 Å². The Hall–Kier alpha value is -1.83. The topological polar surface area (TPSA) is 75.3 Å². The van der Waals surface area contributed by atoms with Crippen molar-refractivity contribution in [1.29, 1.82) is 0 Å². The van der Waals surface area contributed by atoms with Crippen molar-refractivity contribution in [3.8, 4) is 0 Å². The van der Waals surface area contributed by atoms with E-state index in [0.717, 1.165) is 16.7 Å². The summed E-state index contributed by atoms with van der Waals surface area (Å²) in [7, 11) is -3.82. The molecule has 1 amide bonds. The number of anilines is 1. The van der Waals surface area contributed by atoms with Gasteiger partial charge in [0.1, 0.15) is 6.04 Å². The maximum Gasteiger partial charge on any atom is 0.242 e. The van der Waals surface area contributed by atoms with Crippen molar-refractivity contribution in [3.63, 3.8) is 0 Å². The highest BCUT2D eigenvalue weighted by molar-refractivity contribution is 7.98. The molecule has 152 valence electrons. The number of amides is 1. The van der Waals surface area contributed by atoms with Crippen LogP contribution in [0.15, 0.2) is 41.3 Å². The van der Waals surface area contributed by atoms with Crippen molar-refractivity contribution in [2.45, 2.75) is 45.1 Å². The average Bonchev–Trinajstić information content (AvgIpc) is 2.59. The van der Waals surface area contributed by atoms with Gasteiger partial charge in [-0.15, -0.1) is 0 Å². The van der Waals surface area contributed by atoms with Gasteiger partial charge in [0.15, 0.2) is 0 Å². The maximum absolute atomic E-state index is 12.9. The Kier molecular flexibility index (Phi) is 7.69. The van der Waals surface area contributed by atoms with Crippen molar-refractivity contribution < 1.29 is 13.2 Å². The van der Waals surface area contributed by atoms with Gasteiger partial charge in [0, 0.05) is 5.69 Å². The molecule has 0 aliphatic rings. The lowest BCUT2D eigenvalue weighted by atomic mass is 10.1. The van der Waals surface area contributed by atoms with E-state index in [1.807, 2.05) is 51.3 Å². The van der Waals surface area contributed by atoms with Crippen LogP contribution in [0.2, 0.25) is 0 Å². The minimum Gasteiger partial charge on any atom is -0.325 e. The fourth-order valence-electron chi connectivity index (χ4n) is 3.00. The Labute approximate surface area is 172 Å². The molecular formula is C21H28N2O3S2. The zero-order valence-electron chi connectivity index (χ0n) is 17.0. The lowest BCUT2D eigenvalue weighted by molar-refractivity contribution is -0.117. The Balaban J connectivity index is 2.27. The molecule has 0 radical (unpaired) electrons. The minimum absolute atomic E-state index is 0.209. The molecule has 1 unspecified atom stereocenters. The number of rotatable bonds is 8. The molecule has 7 heteroatoms. The molecule has 0 aromatic heterocycles. The number of hydrogen-bond acceptors (Lipinski definition) is 4. The summed E-state index contributed by atoms with van der Waals surface area (Å²) < 4.78 is 28.5. The summed E-state index contributed by atoms with van der Waals surface area (Å²) in [5.41, 5.74) is 4.24. The molecule has 0 spiro atoms. The molecule has 0 aliphatic carbocycles. The lowest BCUT2D eigenvalue weighted by Gasteiger charge is -2.19. The summed E-state index contributed by atoms with van der Waals surface area (Å²) in [5.74, 6) is 0.313. The molecule has 2 rings (SSSR count). The molecule has 0 saturated heterocycles. The van der Waals surface area contributed by atoms with Gasteiger partial charge in [0.25, 0.3) is 0 Å². The summed E-state index contributed by atoms with van der Waals surface area (Å²) in [6.07, 6.45) is 2.33. The first kappa shape index (κ1) is 22.5. The average molecular weight is 421 g/mol. The van der Waals surface area contributed by atoms with Crippen LogP contribution in [0, 0.1) is 27.7 Å². The number of aryl methyl sites for hydroxylation is 4. The van der Waals surface area contributed by atoms with E-state index in [1.165, 1.54) is 0 Å². The second-order valence-electron chi connectivity index (χ2n) is 7.09. The number of carbonyl (C=O) groups is 1. The predicted octanol–water partition coefficient (Wildman–Crippen LogP) is 3.96. The first-order valence-electron chi connectivity index (χ1n) is 9.10. The van der Waals surface area contributed by atoms with Crippen LogP contribution in [0.25, 0.3) is 0 Å². The van der Waals surface area contributed by atoms with E-state index < -0.39 is 16.1 Å². The predicted molar refractivity (Wildman–Crippen MR) is 118 cm³/mol. The third kappa shape index (κ3) is 6.09. The van der Waals surface area contributed by atoms with Gasteiger partial charge in [0.05, 0.1) is 4.90 Å². The molecule has 2 aromatic rings. The van der Waals surface area contributed by atoms with Gasteiger partial charge in [-0.2, -0.15) is 16.5 Å². The zero-order chi connectivity index (χ0) is 20.9. The lowest BCUT2D eigenvalue weighted by Crippen LogP contribution is -2.44. The molecule has 1 atom stereocenters. The number of nitrogens with one attached hydrogen (secondary N) is 2. The highest BCUT2D eigenvalue weighted by atomic mass is 32.2. The fraction of sp³-hybridized carbons (Fsp3) is 0.381. The molecule has 0 bridgehead atoms. The van der Waals surface area contributed by atoms with Crippen LogP contribution in [0.1, 0.15) is 28.7 Å². The van der Waals surface area contributed by atoms with Crippen LogP contribution in [0.5, 0.6) is 0 Å². The molecule has 0 saturated carbocycles. The van der Waals surface area contributed by atoms with Crippen molar-refractivity contribution in [2.75, 3.05) is 17.3 Å². The van der Waals surface area contributed by atoms with Gasteiger partial charge in [-0.05, 0) is 86.6 Å². The maximum atomic E-state index is 12.9. The molecule has 0 fully saturated rings. The van der Waals surface area contributed by atoms with Crippen LogP contribution >= 0.6 is 11.8 Å². The molecule has 2 N–H and O–H groups in total. The van der Waals surface area contributed by atoms with Crippen molar-refractivity contribution >= 4 is 33.4 Å². The second kappa shape index (κ2) is 9.58. The van der Waals surface area contributed by atoms with E-state index in [-0.39, 0.29) is 10.8 Å². The monoisotopic (exact) mass is 420 g/mol. The second-order valence-corrected chi connectivity index (χ2v) is 9.76. The third-order valence-corrected chi connectivity index (χ3v) is 6.60. The van der Waals surface area contributed by atoms with E-state index in [0.29, 0.717) is 23.4 Å². The highest BCUT2D eigenvalue weighted by Crippen LogP contribution is 2.19. The summed E-state index contributed by atoms with van der Waals surface area (Å²) in [6.45, 7) is 7.51. The Morgan fingerprint density at radius 1 is 1.00 bits per heavy atom. The zero-order valence-corrected chi connectivity index (χ0v) is 18.6. The Bertz CT molecular complexity index is 936. The standard InChI is InChI=1S/C21H28N2O3S2/c1-14-6-7-17(4)20(13-14)28(25,26)23-19(8-9-27-5)21(24)22-18-11-15(2)10-16(3)12-18/h6-7,10-13,19,23H,8-9H2,1-5H3,(H,22,24). The molecular weight excluding hydrogens is 392 g/mol. The SMILES string of the molecule is CSCCC(NS(=O)(=O)c1cc(C)ccc1C)C(=O)Nc1cc(C)cc(C)c1. The van der Waals surface area contributed by atoms with E-state index in [2.05, 4.69) is 10.0 Å². The molecule has 0 heterocycles. The van der Waals surface area contributed by atoms with Crippen LogP contribution < -0.4 is 10.0 Å². The largest absolute Gasteiger partial charge is 0.325 e. The van der Waals surface area contributed by atoms with Gasteiger partial charge in [-0.1, -0.05) is 18.2 Å². The van der Waals surface area contributed by atoms with Crippen LogP contribution in [-0.4, -0.2) is 32.4 Å². The van der Waals surface area contributed by atoms with E-state index in [9.17, 15) is 13.2 Å². The van der Waals surface area contributed by atoms with Crippen molar-refractivity contribution in [2.24, 2.45) is 0 Å². The number of thioether (sulfide) groups is 1. The number of hydrogen-bond donors (Lipinski definition) is 2. The highest BCUT2D eigenvalue weighted by Gasteiger charge is 2.26. The normalized spacial score (nSPS) is 12.6. The third-order valence-electron chi connectivity index (χ3n) is 4.35. The smallest absolute Gasteiger partial charge is 0.242 e. The van der Waals surface area contributed by atoms with Gasteiger partial charge in [-0.3, -0.25) is 4.79 Å². The first-order chi connectivity index (χ1) is 13.1. The summed E-state index contributed by atoms with van der Waals surface area (Å²) in [4.78, 5) is 13.1. The van der Waals surface area contributed by atoms with Gasteiger partial charge < -0.3 is 5.32 Å². The molecule has 0 aliphatic heterocycles. The molecule has 5 nitrogen and oxygen atoms in total. The number of carbonyl (C=O) groups excluding carboxylic acids is 1. The molecule has 28 heavy (non-hydrogen) atoms. The molecule has 2 aromatic carbocycles. The summed E-state index contributed by atoms with van der Waals surface area (Å²) in [6, 6.07) is 10.2. The minimum atomic E-state index is -3.82. The van der Waals surface area contributed by atoms with Crippen LogP contribution in [-0.2, 0) is 14.8 Å². The Morgan fingerprint density at radius 2 is 1.64 bits per heavy atom. The number of sulfonamides is 1. The van der Waals surface area contributed by atoms with E-state index >= 15 is 0 Å². The van der Waals surface area contributed by atoms with E-state index in [4.69, 9.17) is 0 Å². The fourth-order valence-corrected chi connectivity index (χ4v) is 5.03. The quantitative estimate of drug-likeness (QED) is 0.678. The van der Waals surface area contributed by atoms with Crippen molar-refractivity contribution in [3.05, 3.63) is 58.7 Å². The van der Waals surface area contributed by atoms with Crippen LogP contribution in [0.3, 0.4) is 0 Å². The summed E-state index contributed by atoms with van der Waals surface area (Å²) in [5, 5.41) is 2.86. The first-order valence-corrected chi connectivity index (χ1v) is 12.0. The van der Waals surface area contributed by atoms with Crippen molar-refractivity contribution in [1.82, 2.24) is 4.72 Å². The van der Waals surface area contributed by atoms with Gasteiger partial charge in [0.2, 0.25) is 15.9 Å². The number of benzene rings is 2.